The molecule has 1 rings (SSSR count). The van der Waals surface area contributed by atoms with E-state index in [9.17, 15) is 0 Å². The molecule has 4 heteroatoms. The Balaban J connectivity index is 2.94. The van der Waals surface area contributed by atoms with Gasteiger partial charge in [-0.1, -0.05) is 29.8 Å². The Labute approximate surface area is 122 Å². The van der Waals surface area contributed by atoms with Gasteiger partial charge in [0.25, 0.3) is 0 Å². The van der Waals surface area contributed by atoms with E-state index in [1.165, 1.54) is 11.1 Å². The predicted octanol–water partition coefficient (Wildman–Crippen LogP) is 2.25. The van der Waals surface area contributed by atoms with E-state index < -0.39 is 0 Å². The predicted molar refractivity (Wildman–Crippen MR) is 81.2 cm³/mol. The molecule has 0 aliphatic carbocycles. The maximum absolute atomic E-state index is 8.83. The summed E-state index contributed by atoms with van der Waals surface area (Å²) in [6.07, 6.45) is 0.499. The van der Waals surface area contributed by atoms with E-state index in [0.29, 0.717) is 19.6 Å². The van der Waals surface area contributed by atoms with Crippen LogP contribution in [0.15, 0.2) is 24.3 Å². The Morgan fingerprint density at radius 1 is 1.30 bits per heavy atom. The number of nitrogens with two attached hydrogens (primary N) is 1. The van der Waals surface area contributed by atoms with Crippen LogP contribution in [0.25, 0.3) is 0 Å². The number of benzene rings is 1. The molecule has 0 aliphatic heterocycles. The lowest BCUT2D eigenvalue weighted by molar-refractivity contribution is 0.112. The van der Waals surface area contributed by atoms with E-state index >= 15 is 0 Å². The molecule has 20 heavy (non-hydrogen) atoms. The molecule has 0 fully saturated rings. The molecular formula is C16H25N3O. The van der Waals surface area contributed by atoms with Crippen LogP contribution >= 0.6 is 0 Å². The van der Waals surface area contributed by atoms with Crippen LogP contribution in [-0.4, -0.2) is 37.7 Å². The molecule has 0 heterocycles. The summed E-state index contributed by atoms with van der Waals surface area (Å²) in [5.41, 5.74) is 8.61. The second kappa shape index (κ2) is 8.70. The fourth-order valence-electron chi connectivity index (χ4n) is 2.40. The van der Waals surface area contributed by atoms with Crippen molar-refractivity contribution in [1.29, 1.82) is 5.26 Å². The van der Waals surface area contributed by atoms with Crippen molar-refractivity contribution < 1.29 is 4.74 Å². The first-order chi connectivity index (χ1) is 9.60. The summed E-state index contributed by atoms with van der Waals surface area (Å²) in [7, 11) is 1.69. The monoisotopic (exact) mass is 275 g/mol. The molecule has 0 spiro atoms. The Hall–Kier alpha value is -1.41. The van der Waals surface area contributed by atoms with Gasteiger partial charge in [0.05, 0.1) is 12.7 Å². The molecular weight excluding hydrogens is 250 g/mol. The fraction of sp³-hybridized carbons (Fsp3) is 0.562. The number of aryl methyl sites for hydroxylation is 1. The maximum atomic E-state index is 8.83. The summed E-state index contributed by atoms with van der Waals surface area (Å²) in [5.74, 6) is 0. The summed E-state index contributed by atoms with van der Waals surface area (Å²) in [6, 6.07) is 10.8. The van der Waals surface area contributed by atoms with Crippen molar-refractivity contribution in [3.63, 3.8) is 0 Å². The molecule has 2 unspecified atom stereocenters. The van der Waals surface area contributed by atoms with Crippen molar-refractivity contribution in [2.24, 2.45) is 5.73 Å². The van der Waals surface area contributed by atoms with Crippen molar-refractivity contribution in [2.45, 2.75) is 32.4 Å². The Kier molecular flexibility index (Phi) is 7.24. The minimum absolute atomic E-state index is 0.00625. The smallest absolute Gasteiger partial charge is 0.0635 e. The Bertz CT molecular complexity index is 422. The van der Waals surface area contributed by atoms with Crippen LogP contribution in [-0.2, 0) is 4.74 Å². The SMILES string of the molecule is COCCN(CCC#N)C(c1ccc(C)cc1)C(C)N. The summed E-state index contributed by atoms with van der Waals surface area (Å²) in [6.45, 7) is 6.21. The molecule has 0 aromatic heterocycles. The average molecular weight is 275 g/mol. The first kappa shape index (κ1) is 16.6. The molecule has 0 radical (unpaired) electrons. The van der Waals surface area contributed by atoms with E-state index in [1.54, 1.807) is 7.11 Å². The van der Waals surface area contributed by atoms with Crippen LogP contribution in [0, 0.1) is 18.3 Å². The first-order valence-electron chi connectivity index (χ1n) is 7.02. The van der Waals surface area contributed by atoms with Crippen LogP contribution in [0.2, 0.25) is 0 Å². The number of methoxy groups -OCH3 is 1. The molecule has 2 atom stereocenters. The second-order valence-corrected chi connectivity index (χ2v) is 5.15. The third-order valence-corrected chi connectivity index (χ3v) is 3.40. The number of ether oxygens (including phenoxy) is 1. The first-order valence-corrected chi connectivity index (χ1v) is 7.02. The van der Waals surface area contributed by atoms with Gasteiger partial charge < -0.3 is 10.5 Å². The normalized spacial score (nSPS) is 14.0. The number of hydrogen-bond donors (Lipinski definition) is 1. The van der Waals surface area contributed by atoms with Gasteiger partial charge in [0.1, 0.15) is 0 Å². The van der Waals surface area contributed by atoms with E-state index in [1.807, 2.05) is 6.92 Å². The Morgan fingerprint density at radius 2 is 1.95 bits per heavy atom. The van der Waals surface area contributed by atoms with Crippen molar-refractivity contribution in [3.05, 3.63) is 35.4 Å². The lowest BCUT2D eigenvalue weighted by atomic mass is 9.98. The third kappa shape index (κ3) is 4.93. The highest BCUT2D eigenvalue weighted by Crippen LogP contribution is 2.24. The van der Waals surface area contributed by atoms with Crippen LogP contribution in [0.4, 0.5) is 0 Å². The highest BCUT2D eigenvalue weighted by molar-refractivity contribution is 5.25. The molecule has 4 nitrogen and oxygen atoms in total. The van der Waals surface area contributed by atoms with Gasteiger partial charge in [0.2, 0.25) is 0 Å². The summed E-state index contributed by atoms with van der Waals surface area (Å²) >= 11 is 0. The molecule has 1 aromatic carbocycles. The van der Waals surface area contributed by atoms with Crippen LogP contribution in [0.3, 0.4) is 0 Å². The van der Waals surface area contributed by atoms with Gasteiger partial charge in [-0.25, -0.2) is 0 Å². The van der Waals surface area contributed by atoms with Crippen molar-refractivity contribution in [3.8, 4) is 6.07 Å². The maximum Gasteiger partial charge on any atom is 0.0635 e. The van der Waals surface area contributed by atoms with Crippen molar-refractivity contribution >= 4 is 0 Å². The molecule has 110 valence electrons. The second-order valence-electron chi connectivity index (χ2n) is 5.15. The molecule has 0 bridgehead atoms. The number of hydrogen-bond acceptors (Lipinski definition) is 4. The molecule has 0 aliphatic rings. The van der Waals surface area contributed by atoms with Crippen molar-refractivity contribution in [1.82, 2.24) is 4.90 Å². The quantitative estimate of drug-likeness (QED) is 0.790. The number of nitriles is 1. The molecule has 1 aromatic rings. The van der Waals surface area contributed by atoms with Gasteiger partial charge in [-0.15, -0.1) is 0 Å². The molecule has 0 saturated heterocycles. The Morgan fingerprint density at radius 3 is 2.45 bits per heavy atom. The van der Waals surface area contributed by atoms with Crippen LogP contribution < -0.4 is 5.73 Å². The van der Waals surface area contributed by atoms with E-state index in [4.69, 9.17) is 15.7 Å². The minimum Gasteiger partial charge on any atom is -0.383 e. The van der Waals surface area contributed by atoms with E-state index in [2.05, 4.69) is 42.2 Å². The van der Waals surface area contributed by atoms with E-state index in [0.717, 1.165) is 6.54 Å². The molecule has 2 N–H and O–H groups in total. The zero-order chi connectivity index (χ0) is 15.0. The standard InChI is InChI=1S/C16H25N3O/c1-13-5-7-15(8-6-13)16(14(2)18)19(10-4-9-17)11-12-20-3/h5-8,14,16H,4,10-12,18H2,1-3H3. The van der Waals surface area contributed by atoms with Gasteiger partial charge in [-0.3, -0.25) is 4.90 Å². The fourth-order valence-corrected chi connectivity index (χ4v) is 2.40. The summed E-state index contributed by atoms with van der Waals surface area (Å²) in [5, 5.41) is 8.83. The van der Waals surface area contributed by atoms with Gasteiger partial charge in [-0.05, 0) is 19.4 Å². The largest absolute Gasteiger partial charge is 0.383 e. The highest BCUT2D eigenvalue weighted by Gasteiger charge is 2.23. The zero-order valence-electron chi connectivity index (χ0n) is 12.7. The number of rotatable bonds is 8. The van der Waals surface area contributed by atoms with Gasteiger partial charge >= 0.3 is 0 Å². The van der Waals surface area contributed by atoms with Gasteiger partial charge in [-0.2, -0.15) is 5.26 Å². The molecule has 0 amide bonds. The molecule has 0 saturated carbocycles. The van der Waals surface area contributed by atoms with Crippen LogP contribution in [0.5, 0.6) is 0 Å². The lowest BCUT2D eigenvalue weighted by Crippen LogP contribution is -2.41. The van der Waals surface area contributed by atoms with E-state index in [-0.39, 0.29) is 12.1 Å². The van der Waals surface area contributed by atoms with Crippen LogP contribution in [0.1, 0.15) is 30.5 Å². The van der Waals surface area contributed by atoms with Gasteiger partial charge in [0.15, 0.2) is 0 Å². The highest BCUT2D eigenvalue weighted by atomic mass is 16.5. The topological polar surface area (TPSA) is 62.3 Å². The minimum atomic E-state index is -0.00625. The van der Waals surface area contributed by atoms with Crippen molar-refractivity contribution in [2.75, 3.05) is 26.8 Å². The summed E-state index contributed by atoms with van der Waals surface area (Å²) in [4.78, 5) is 2.24. The third-order valence-electron chi connectivity index (χ3n) is 3.40. The summed E-state index contributed by atoms with van der Waals surface area (Å²) < 4.78 is 5.17. The average Bonchev–Trinajstić information content (AvgIpc) is 2.43. The lowest BCUT2D eigenvalue weighted by Gasteiger charge is -2.34. The number of nitrogens with zero attached hydrogens (tertiary/aromatic N) is 2. The zero-order valence-corrected chi connectivity index (χ0v) is 12.7. The van der Waals surface area contributed by atoms with Gasteiger partial charge in [0, 0.05) is 38.7 Å².